The molecular weight excluding hydrogens is 114 g/mol. The predicted octanol–water partition coefficient (Wildman–Crippen LogP) is 0.545. The molecule has 0 saturated carbocycles. The third-order valence-electron chi connectivity index (χ3n) is 1.17. The van der Waals surface area contributed by atoms with Crippen molar-refractivity contribution in [2.24, 2.45) is 10.7 Å². The molecule has 0 aromatic heterocycles. The van der Waals surface area contributed by atoms with Crippen LogP contribution in [0.15, 0.2) is 16.9 Å². The zero-order valence-electron chi connectivity index (χ0n) is 4.96. The molecular formula is C6H7N3. The van der Waals surface area contributed by atoms with E-state index >= 15 is 0 Å². The minimum Gasteiger partial charge on any atom is -0.401 e. The van der Waals surface area contributed by atoms with Crippen LogP contribution in [0.3, 0.4) is 0 Å². The van der Waals surface area contributed by atoms with Gasteiger partial charge in [0.1, 0.15) is 11.8 Å². The van der Waals surface area contributed by atoms with E-state index in [1.54, 1.807) is 6.20 Å². The summed E-state index contributed by atoms with van der Waals surface area (Å²) in [5, 5.41) is 8.33. The molecule has 0 radical (unpaired) electrons. The van der Waals surface area contributed by atoms with Gasteiger partial charge in [0.05, 0.1) is 0 Å². The van der Waals surface area contributed by atoms with Gasteiger partial charge in [-0.2, -0.15) is 5.26 Å². The number of rotatable bonds is 0. The van der Waals surface area contributed by atoms with Gasteiger partial charge in [-0.3, -0.25) is 0 Å². The summed E-state index contributed by atoms with van der Waals surface area (Å²) in [6, 6.07) is 1.97. The van der Waals surface area contributed by atoms with E-state index in [0.717, 1.165) is 12.1 Å². The maximum Gasteiger partial charge on any atom is 0.118 e. The molecule has 9 heavy (non-hydrogen) atoms. The zero-order valence-corrected chi connectivity index (χ0v) is 4.96. The van der Waals surface area contributed by atoms with Gasteiger partial charge < -0.3 is 5.73 Å². The Kier molecular flexibility index (Phi) is 1.50. The fourth-order valence-corrected chi connectivity index (χ4v) is 0.637. The van der Waals surface area contributed by atoms with Crippen LogP contribution < -0.4 is 5.73 Å². The number of allylic oxidation sites excluding steroid dienone is 1. The quantitative estimate of drug-likeness (QED) is 0.508. The summed E-state index contributed by atoms with van der Waals surface area (Å²) in [5.41, 5.74) is 6.73. The number of aliphatic imine (C=N–C) groups is 1. The highest BCUT2D eigenvalue weighted by atomic mass is 14.8. The smallest absolute Gasteiger partial charge is 0.118 e. The fraction of sp³-hybridized carbons (Fsp3) is 0.333. The fourth-order valence-electron chi connectivity index (χ4n) is 0.637. The lowest BCUT2D eigenvalue weighted by Crippen LogP contribution is -2.05. The molecule has 1 heterocycles. The van der Waals surface area contributed by atoms with Crippen molar-refractivity contribution >= 4 is 5.71 Å². The van der Waals surface area contributed by atoms with Gasteiger partial charge in [0.2, 0.25) is 0 Å². The zero-order chi connectivity index (χ0) is 6.69. The molecule has 0 unspecified atom stereocenters. The minimum atomic E-state index is 0.573. The number of hydrogen-bond acceptors (Lipinski definition) is 3. The average molecular weight is 121 g/mol. The Morgan fingerprint density at radius 3 is 2.89 bits per heavy atom. The number of nitriles is 1. The van der Waals surface area contributed by atoms with Gasteiger partial charge in [-0.05, 0) is 6.42 Å². The first-order valence-electron chi connectivity index (χ1n) is 2.74. The van der Waals surface area contributed by atoms with Crippen molar-refractivity contribution in [1.29, 1.82) is 5.26 Å². The molecule has 2 N–H and O–H groups in total. The number of hydrogen-bond donors (Lipinski definition) is 1. The van der Waals surface area contributed by atoms with E-state index in [4.69, 9.17) is 11.0 Å². The Labute approximate surface area is 53.5 Å². The Hall–Kier alpha value is -1.30. The molecule has 1 aliphatic heterocycles. The molecule has 0 aliphatic carbocycles. The van der Waals surface area contributed by atoms with Gasteiger partial charge in [0, 0.05) is 18.3 Å². The summed E-state index contributed by atoms with van der Waals surface area (Å²) in [7, 11) is 0. The lowest BCUT2D eigenvalue weighted by Gasteiger charge is -2.02. The van der Waals surface area contributed by atoms with E-state index in [1.165, 1.54) is 0 Å². The molecule has 0 amide bonds. The average Bonchev–Trinajstić information content (AvgIpc) is 1.90. The predicted molar refractivity (Wildman–Crippen MR) is 34.6 cm³/mol. The number of nitrogens with zero attached hydrogens (tertiary/aromatic N) is 2. The summed E-state index contributed by atoms with van der Waals surface area (Å²) >= 11 is 0. The van der Waals surface area contributed by atoms with E-state index in [0.29, 0.717) is 12.1 Å². The summed E-state index contributed by atoms with van der Waals surface area (Å²) in [4.78, 5) is 3.80. The van der Waals surface area contributed by atoms with Crippen molar-refractivity contribution in [2.75, 3.05) is 0 Å². The molecule has 0 aromatic carbocycles. The monoisotopic (exact) mass is 121 g/mol. The van der Waals surface area contributed by atoms with Gasteiger partial charge in [0.25, 0.3) is 0 Å². The van der Waals surface area contributed by atoms with Crippen molar-refractivity contribution in [3.05, 3.63) is 11.9 Å². The largest absolute Gasteiger partial charge is 0.401 e. The lowest BCUT2D eigenvalue weighted by atomic mass is 10.1. The van der Waals surface area contributed by atoms with Gasteiger partial charge in [-0.1, -0.05) is 0 Å². The maximum atomic E-state index is 8.33. The van der Waals surface area contributed by atoms with Gasteiger partial charge in [-0.15, -0.1) is 0 Å². The summed E-state index contributed by atoms with van der Waals surface area (Å²) < 4.78 is 0. The van der Waals surface area contributed by atoms with Crippen molar-refractivity contribution in [3.8, 4) is 6.07 Å². The highest BCUT2D eigenvalue weighted by Gasteiger charge is 2.02. The standard InChI is InChI=1S/C6H7N3/c7-3-6-2-1-5(8)4-9-6/h4H,1-2,8H2. The molecule has 0 spiro atoms. The Balaban J connectivity index is 2.73. The second kappa shape index (κ2) is 2.31. The van der Waals surface area contributed by atoms with Crippen LogP contribution in [0.2, 0.25) is 0 Å². The molecule has 0 atom stereocenters. The lowest BCUT2D eigenvalue weighted by molar-refractivity contribution is 0.961. The van der Waals surface area contributed by atoms with Crippen LogP contribution in [-0.4, -0.2) is 5.71 Å². The van der Waals surface area contributed by atoms with Crippen LogP contribution in [0.1, 0.15) is 12.8 Å². The van der Waals surface area contributed by atoms with E-state index in [2.05, 4.69) is 4.99 Å². The van der Waals surface area contributed by atoms with Crippen LogP contribution in [0.5, 0.6) is 0 Å². The summed E-state index contributed by atoms with van der Waals surface area (Å²) in [6.07, 6.45) is 3.01. The molecule has 46 valence electrons. The van der Waals surface area contributed by atoms with Crippen LogP contribution in [-0.2, 0) is 0 Å². The number of nitrogens with two attached hydrogens (primary N) is 1. The van der Waals surface area contributed by atoms with E-state index in [-0.39, 0.29) is 0 Å². The van der Waals surface area contributed by atoms with Crippen molar-refractivity contribution in [1.82, 2.24) is 0 Å². The minimum absolute atomic E-state index is 0.573. The van der Waals surface area contributed by atoms with Crippen molar-refractivity contribution in [2.45, 2.75) is 12.8 Å². The SMILES string of the molecule is N#CC1=NC=C(N)CC1. The van der Waals surface area contributed by atoms with Gasteiger partial charge in [0.15, 0.2) is 0 Å². The molecule has 3 nitrogen and oxygen atoms in total. The Bertz CT molecular complexity index is 207. The van der Waals surface area contributed by atoms with Crippen molar-refractivity contribution < 1.29 is 0 Å². The normalized spacial score (nSPS) is 17.7. The first-order chi connectivity index (χ1) is 4.33. The van der Waals surface area contributed by atoms with Crippen LogP contribution in [0, 0.1) is 11.3 Å². The highest BCUT2D eigenvalue weighted by molar-refractivity contribution is 5.99. The summed E-state index contributed by atoms with van der Waals surface area (Å²) in [5.74, 6) is 0. The molecule has 0 fully saturated rings. The molecule has 0 saturated heterocycles. The second-order valence-corrected chi connectivity index (χ2v) is 1.89. The Morgan fingerprint density at radius 1 is 1.67 bits per heavy atom. The Morgan fingerprint density at radius 2 is 2.44 bits per heavy atom. The third kappa shape index (κ3) is 1.29. The van der Waals surface area contributed by atoms with Crippen molar-refractivity contribution in [3.63, 3.8) is 0 Å². The summed E-state index contributed by atoms with van der Waals surface area (Å²) in [6.45, 7) is 0. The first kappa shape index (κ1) is 5.83. The topological polar surface area (TPSA) is 62.2 Å². The van der Waals surface area contributed by atoms with Crippen LogP contribution in [0.4, 0.5) is 0 Å². The molecule has 1 aliphatic rings. The van der Waals surface area contributed by atoms with E-state index < -0.39 is 0 Å². The van der Waals surface area contributed by atoms with Crippen LogP contribution in [0.25, 0.3) is 0 Å². The second-order valence-electron chi connectivity index (χ2n) is 1.89. The van der Waals surface area contributed by atoms with E-state index in [1.807, 2.05) is 6.07 Å². The van der Waals surface area contributed by atoms with Gasteiger partial charge in [-0.25, -0.2) is 4.99 Å². The first-order valence-corrected chi connectivity index (χ1v) is 2.74. The molecule has 0 aromatic rings. The molecule has 0 bridgehead atoms. The van der Waals surface area contributed by atoms with Crippen LogP contribution >= 0.6 is 0 Å². The molecule has 3 heteroatoms. The molecule has 1 rings (SSSR count). The maximum absolute atomic E-state index is 8.33. The van der Waals surface area contributed by atoms with Gasteiger partial charge >= 0.3 is 0 Å². The third-order valence-corrected chi connectivity index (χ3v) is 1.17. The highest BCUT2D eigenvalue weighted by Crippen LogP contribution is 2.05. The van der Waals surface area contributed by atoms with E-state index in [9.17, 15) is 0 Å².